The fourth-order valence-electron chi connectivity index (χ4n) is 2.06. The maximum Gasteiger partial charge on any atom is 0.262 e. The van der Waals surface area contributed by atoms with E-state index in [4.69, 9.17) is 22.1 Å². The highest BCUT2D eigenvalue weighted by Gasteiger charge is 2.09. The fourth-order valence-corrected chi connectivity index (χ4v) is 2.39. The van der Waals surface area contributed by atoms with Gasteiger partial charge in [-0.2, -0.15) is 0 Å². The monoisotopic (exact) mass is 304 g/mol. The average Bonchev–Trinajstić information content (AvgIpc) is 2.40. The van der Waals surface area contributed by atoms with E-state index < -0.39 is 0 Å². The second-order valence-electron chi connectivity index (χ2n) is 4.79. The first kappa shape index (κ1) is 15.2. The molecule has 2 aromatic rings. The van der Waals surface area contributed by atoms with Crippen LogP contribution in [0.15, 0.2) is 36.4 Å². The lowest BCUT2D eigenvalue weighted by Gasteiger charge is -2.13. The van der Waals surface area contributed by atoms with Crippen molar-refractivity contribution in [3.63, 3.8) is 0 Å². The molecule has 2 rings (SSSR count). The first-order valence-corrected chi connectivity index (χ1v) is 6.89. The summed E-state index contributed by atoms with van der Waals surface area (Å²) >= 11 is 5.96. The van der Waals surface area contributed by atoms with Crippen LogP contribution in [0.2, 0.25) is 5.02 Å². The largest absolute Gasteiger partial charge is 0.483 e. The third-order valence-electron chi connectivity index (χ3n) is 3.01. The van der Waals surface area contributed by atoms with Crippen LogP contribution in [-0.2, 0) is 4.79 Å². The zero-order valence-corrected chi connectivity index (χ0v) is 12.7. The molecular weight excluding hydrogens is 288 g/mol. The van der Waals surface area contributed by atoms with E-state index in [-0.39, 0.29) is 12.5 Å². The van der Waals surface area contributed by atoms with Crippen molar-refractivity contribution in [1.82, 2.24) is 0 Å². The van der Waals surface area contributed by atoms with Crippen molar-refractivity contribution in [2.45, 2.75) is 13.8 Å². The van der Waals surface area contributed by atoms with Crippen LogP contribution in [0, 0.1) is 13.8 Å². The lowest BCUT2D eigenvalue weighted by atomic mass is 10.1. The molecule has 110 valence electrons. The summed E-state index contributed by atoms with van der Waals surface area (Å²) in [6, 6.07) is 10.7. The van der Waals surface area contributed by atoms with Crippen LogP contribution in [0.1, 0.15) is 11.1 Å². The summed E-state index contributed by atoms with van der Waals surface area (Å²) < 4.78 is 5.58. The summed E-state index contributed by atoms with van der Waals surface area (Å²) in [6.07, 6.45) is 0. The van der Waals surface area contributed by atoms with Gasteiger partial charge in [0.05, 0.1) is 11.4 Å². The van der Waals surface area contributed by atoms with Crippen molar-refractivity contribution in [3.8, 4) is 5.75 Å². The Morgan fingerprint density at radius 2 is 1.86 bits per heavy atom. The van der Waals surface area contributed by atoms with E-state index in [1.165, 1.54) is 0 Å². The van der Waals surface area contributed by atoms with Crippen LogP contribution in [0.5, 0.6) is 5.75 Å². The van der Waals surface area contributed by atoms with Gasteiger partial charge < -0.3 is 15.8 Å². The van der Waals surface area contributed by atoms with Gasteiger partial charge in [0.25, 0.3) is 5.91 Å². The topological polar surface area (TPSA) is 64.3 Å². The molecule has 21 heavy (non-hydrogen) atoms. The van der Waals surface area contributed by atoms with Gasteiger partial charge in [-0.3, -0.25) is 4.79 Å². The molecule has 0 bridgehead atoms. The number of carbonyl (C=O) groups is 1. The fraction of sp³-hybridized carbons (Fsp3) is 0.188. The normalized spacial score (nSPS) is 10.2. The van der Waals surface area contributed by atoms with Gasteiger partial charge in [0.15, 0.2) is 6.61 Å². The Kier molecular flexibility index (Phi) is 4.70. The van der Waals surface area contributed by atoms with E-state index in [0.29, 0.717) is 22.1 Å². The Morgan fingerprint density at radius 3 is 2.48 bits per heavy atom. The number of anilines is 2. The standard InChI is InChI=1S/C16H17ClN2O2/c1-10-7-12(17)8-11(2)16(10)21-9-15(20)19-14-6-4-3-5-13(14)18/h3-8H,9,18H2,1-2H3,(H,19,20). The molecule has 5 heteroatoms. The predicted octanol–water partition coefficient (Wildman–Crippen LogP) is 3.56. The summed E-state index contributed by atoms with van der Waals surface area (Å²) in [7, 11) is 0. The summed E-state index contributed by atoms with van der Waals surface area (Å²) in [5.41, 5.74) is 8.66. The molecule has 0 fully saturated rings. The van der Waals surface area contributed by atoms with E-state index in [2.05, 4.69) is 5.32 Å². The molecule has 0 aromatic heterocycles. The highest BCUT2D eigenvalue weighted by molar-refractivity contribution is 6.30. The minimum absolute atomic E-state index is 0.0857. The van der Waals surface area contributed by atoms with Crippen molar-refractivity contribution >= 4 is 28.9 Å². The molecule has 0 aliphatic carbocycles. The maximum absolute atomic E-state index is 11.9. The highest BCUT2D eigenvalue weighted by Crippen LogP contribution is 2.27. The Balaban J connectivity index is 2.01. The molecule has 0 radical (unpaired) electrons. The van der Waals surface area contributed by atoms with Crippen molar-refractivity contribution in [2.24, 2.45) is 0 Å². The second-order valence-corrected chi connectivity index (χ2v) is 5.23. The van der Waals surface area contributed by atoms with Crippen LogP contribution in [-0.4, -0.2) is 12.5 Å². The first-order chi connectivity index (χ1) is 9.97. The van der Waals surface area contributed by atoms with E-state index >= 15 is 0 Å². The number of rotatable bonds is 4. The van der Waals surface area contributed by atoms with Crippen molar-refractivity contribution in [3.05, 3.63) is 52.5 Å². The van der Waals surface area contributed by atoms with Crippen molar-refractivity contribution < 1.29 is 9.53 Å². The minimum atomic E-state index is -0.262. The number of ether oxygens (including phenoxy) is 1. The number of nitrogens with two attached hydrogens (primary N) is 1. The minimum Gasteiger partial charge on any atom is -0.483 e. The van der Waals surface area contributed by atoms with Gasteiger partial charge in [0.1, 0.15) is 5.75 Å². The zero-order chi connectivity index (χ0) is 15.4. The van der Waals surface area contributed by atoms with Crippen LogP contribution in [0.25, 0.3) is 0 Å². The number of carbonyl (C=O) groups excluding carboxylic acids is 1. The number of para-hydroxylation sites is 2. The number of nitrogen functional groups attached to an aromatic ring is 1. The van der Waals surface area contributed by atoms with Crippen LogP contribution in [0.4, 0.5) is 11.4 Å². The van der Waals surface area contributed by atoms with E-state index in [0.717, 1.165) is 11.1 Å². The van der Waals surface area contributed by atoms with Crippen LogP contribution >= 0.6 is 11.6 Å². The lowest BCUT2D eigenvalue weighted by Crippen LogP contribution is -2.21. The number of nitrogens with one attached hydrogen (secondary N) is 1. The number of halogens is 1. The molecule has 0 unspecified atom stereocenters. The average molecular weight is 305 g/mol. The van der Waals surface area contributed by atoms with Crippen LogP contribution < -0.4 is 15.8 Å². The van der Waals surface area contributed by atoms with E-state index in [9.17, 15) is 4.79 Å². The van der Waals surface area contributed by atoms with Crippen molar-refractivity contribution in [2.75, 3.05) is 17.7 Å². The number of amides is 1. The molecule has 0 spiro atoms. The summed E-state index contributed by atoms with van der Waals surface area (Å²) in [5, 5.41) is 3.37. The Labute approximate surface area is 128 Å². The quantitative estimate of drug-likeness (QED) is 0.849. The SMILES string of the molecule is Cc1cc(Cl)cc(C)c1OCC(=O)Nc1ccccc1N. The summed E-state index contributed by atoms with van der Waals surface area (Å²) in [6.45, 7) is 3.69. The second kappa shape index (κ2) is 6.50. The van der Waals surface area contributed by atoms with Gasteiger partial charge in [0.2, 0.25) is 0 Å². The molecule has 0 heterocycles. The molecule has 0 aliphatic rings. The maximum atomic E-state index is 11.9. The smallest absolute Gasteiger partial charge is 0.262 e. The number of benzene rings is 2. The van der Waals surface area contributed by atoms with Gasteiger partial charge in [-0.15, -0.1) is 0 Å². The first-order valence-electron chi connectivity index (χ1n) is 6.51. The Bertz CT molecular complexity index is 648. The van der Waals surface area contributed by atoms with Crippen LogP contribution in [0.3, 0.4) is 0 Å². The van der Waals surface area contributed by atoms with Gasteiger partial charge in [-0.1, -0.05) is 23.7 Å². The third kappa shape index (κ3) is 3.89. The predicted molar refractivity (Wildman–Crippen MR) is 85.9 cm³/mol. The molecule has 0 atom stereocenters. The molecule has 0 saturated carbocycles. The molecule has 0 aliphatic heterocycles. The Hall–Kier alpha value is -2.20. The van der Waals surface area contributed by atoms with E-state index in [1.807, 2.05) is 19.9 Å². The Morgan fingerprint density at radius 1 is 1.24 bits per heavy atom. The number of hydrogen-bond donors (Lipinski definition) is 2. The molecule has 1 amide bonds. The lowest BCUT2D eigenvalue weighted by molar-refractivity contribution is -0.118. The third-order valence-corrected chi connectivity index (χ3v) is 3.23. The number of aryl methyl sites for hydroxylation is 2. The molecular formula is C16H17ClN2O2. The van der Waals surface area contributed by atoms with Gasteiger partial charge >= 0.3 is 0 Å². The molecule has 0 saturated heterocycles. The van der Waals surface area contributed by atoms with Gasteiger partial charge in [0, 0.05) is 5.02 Å². The van der Waals surface area contributed by atoms with Gasteiger partial charge in [-0.05, 0) is 49.2 Å². The molecule has 3 N–H and O–H groups in total. The number of hydrogen-bond acceptors (Lipinski definition) is 3. The summed E-state index contributed by atoms with van der Waals surface area (Å²) in [5.74, 6) is 0.414. The molecule has 4 nitrogen and oxygen atoms in total. The zero-order valence-electron chi connectivity index (χ0n) is 11.9. The molecule has 2 aromatic carbocycles. The van der Waals surface area contributed by atoms with Gasteiger partial charge in [-0.25, -0.2) is 0 Å². The van der Waals surface area contributed by atoms with E-state index in [1.54, 1.807) is 30.3 Å². The van der Waals surface area contributed by atoms with Crippen molar-refractivity contribution in [1.29, 1.82) is 0 Å². The summed E-state index contributed by atoms with van der Waals surface area (Å²) in [4.78, 5) is 11.9. The highest BCUT2D eigenvalue weighted by atomic mass is 35.5.